The summed E-state index contributed by atoms with van der Waals surface area (Å²) in [4.78, 5) is 0. The lowest BCUT2D eigenvalue weighted by Crippen LogP contribution is -2.37. The van der Waals surface area contributed by atoms with Crippen LogP contribution in [0.3, 0.4) is 0 Å². The molecule has 1 aliphatic heterocycles. The van der Waals surface area contributed by atoms with E-state index in [1.54, 1.807) is 13.0 Å². The Kier molecular flexibility index (Phi) is 9.20. The van der Waals surface area contributed by atoms with Crippen molar-refractivity contribution in [3.63, 3.8) is 0 Å². The molecule has 0 amide bonds. The summed E-state index contributed by atoms with van der Waals surface area (Å²) in [6, 6.07) is 11.2. The number of rotatable bonds is 7. The van der Waals surface area contributed by atoms with Crippen molar-refractivity contribution in [2.24, 2.45) is 23.7 Å². The van der Waals surface area contributed by atoms with Gasteiger partial charge in [-0.2, -0.15) is 4.39 Å². The zero-order valence-electron chi connectivity index (χ0n) is 23.1. The lowest BCUT2D eigenvalue weighted by atomic mass is 9.71. The van der Waals surface area contributed by atoms with Crippen LogP contribution in [0, 0.1) is 35.3 Å². The highest BCUT2D eigenvalue weighted by Gasteiger charge is 2.35. The minimum Gasteiger partial charge on any atom is -0.491 e. The molecule has 0 N–H and O–H groups in total. The third-order valence-electron chi connectivity index (χ3n) is 9.63. The summed E-state index contributed by atoms with van der Waals surface area (Å²) in [6.07, 6.45) is 17.9. The van der Waals surface area contributed by atoms with Gasteiger partial charge < -0.3 is 9.47 Å². The number of hydrogen-bond donors (Lipinski definition) is 0. The Morgan fingerprint density at radius 3 is 2.11 bits per heavy atom. The molecule has 3 fully saturated rings. The van der Waals surface area contributed by atoms with Gasteiger partial charge in [-0.3, -0.25) is 0 Å². The highest BCUT2D eigenvalue weighted by molar-refractivity contribution is 5.65. The molecule has 1 heterocycles. The first kappa shape index (κ1) is 27.4. The van der Waals surface area contributed by atoms with Crippen molar-refractivity contribution in [3.8, 4) is 16.9 Å². The van der Waals surface area contributed by atoms with Gasteiger partial charge in [-0.15, -0.1) is 0 Å². The average molecular weight is 523 g/mol. The molecule has 0 radical (unpaired) electrons. The van der Waals surface area contributed by atoms with E-state index in [1.165, 1.54) is 75.8 Å². The SMILES string of the molecule is C/C=C/C1CCC(C2CCC(C3CCC(c4ccc(-c5ccc(OCC)c(F)c5F)cc4)CC3)OC2)CC1. The minimum absolute atomic E-state index is 0.0354. The van der Waals surface area contributed by atoms with Gasteiger partial charge in [0.2, 0.25) is 5.82 Å². The molecule has 38 heavy (non-hydrogen) atoms. The summed E-state index contributed by atoms with van der Waals surface area (Å²) < 4.78 is 40.7. The van der Waals surface area contributed by atoms with Crippen LogP contribution in [0.15, 0.2) is 48.6 Å². The molecule has 2 atom stereocenters. The molecule has 2 aromatic rings. The molecule has 0 spiro atoms. The van der Waals surface area contributed by atoms with Crippen molar-refractivity contribution >= 4 is 0 Å². The fourth-order valence-electron chi connectivity index (χ4n) is 7.40. The van der Waals surface area contributed by atoms with E-state index in [-0.39, 0.29) is 11.3 Å². The van der Waals surface area contributed by atoms with Crippen LogP contribution in [0.25, 0.3) is 11.1 Å². The molecule has 2 aliphatic carbocycles. The Hall–Kier alpha value is -2.20. The predicted octanol–water partition coefficient (Wildman–Crippen LogP) is 9.48. The Labute approximate surface area is 227 Å². The first-order chi connectivity index (χ1) is 18.6. The number of ether oxygens (including phenoxy) is 2. The van der Waals surface area contributed by atoms with E-state index < -0.39 is 11.6 Å². The Morgan fingerprint density at radius 2 is 1.47 bits per heavy atom. The topological polar surface area (TPSA) is 18.5 Å². The third-order valence-corrected chi connectivity index (χ3v) is 9.63. The predicted molar refractivity (Wildman–Crippen MR) is 150 cm³/mol. The van der Waals surface area contributed by atoms with E-state index in [9.17, 15) is 8.78 Å². The second kappa shape index (κ2) is 12.8. The lowest BCUT2D eigenvalue weighted by Gasteiger charge is -2.41. The summed E-state index contributed by atoms with van der Waals surface area (Å²) in [7, 11) is 0. The first-order valence-electron chi connectivity index (χ1n) is 15.0. The average Bonchev–Trinajstić information content (AvgIpc) is 2.97. The third kappa shape index (κ3) is 6.17. The second-order valence-electron chi connectivity index (χ2n) is 11.8. The van der Waals surface area contributed by atoms with Crippen molar-refractivity contribution in [2.45, 2.75) is 90.1 Å². The first-order valence-corrected chi connectivity index (χ1v) is 15.0. The maximum Gasteiger partial charge on any atom is 0.201 e. The summed E-state index contributed by atoms with van der Waals surface area (Å²) in [5.74, 6) is 1.84. The van der Waals surface area contributed by atoms with E-state index in [2.05, 4.69) is 31.2 Å². The van der Waals surface area contributed by atoms with Gasteiger partial charge in [0.1, 0.15) is 0 Å². The molecule has 2 nitrogen and oxygen atoms in total. The Balaban J connectivity index is 1.10. The molecule has 3 aliphatic rings. The fraction of sp³-hybridized carbons (Fsp3) is 0.588. The van der Waals surface area contributed by atoms with Gasteiger partial charge in [0.15, 0.2) is 11.6 Å². The van der Waals surface area contributed by atoms with E-state index in [0.29, 0.717) is 30.1 Å². The number of benzene rings is 2. The molecule has 5 rings (SSSR count). The molecular formula is C34H44F2O2. The quantitative estimate of drug-likeness (QED) is 0.337. The van der Waals surface area contributed by atoms with E-state index in [0.717, 1.165) is 24.4 Å². The second-order valence-corrected chi connectivity index (χ2v) is 11.8. The molecule has 206 valence electrons. The molecule has 2 saturated carbocycles. The van der Waals surface area contributed by atoms with Crippen LogP contribution < -0.4 is 4.74 Å². The van der Waals surface area contributed by atoms with Gasteiger partial charge in [-0.1, -0.05) is 36.4 Å². The zero-order chi connectivity index (χ0) is 26.5. The maximum absolute atomic E-state index is 14.7. The van der Waals surface area contributed by atoms with Crippen LogP contribution in [-0.4, -0.2) is 19.3 Å². The fourth-order valence-corrected chi connectivity index (χ4v) is 7.40. The van der Waals surface area contributed by atoms with Gasteiger partial charge in [0.25, 0.3) is 0 Å². The molecule has 0 bridgehead atoms. The summed E-state index contributed by atoms with van der Waals surface area (Å²) in [5.41, 5.74) is 2.28. The van der Waals surface area contributed by atoms with Crippen molar-refractivity contribution in [2.75, 3.05) is 13.2 Å². The smallest absolute Gasteiger partial charge is 0.201 e. The van der Waals surface area contributed by atoms with E-state index in [4.69, 9.17) is 9.47 Å². The van der Waals surface area contributed by atoms with Crippen LogP contribution in [0.2, 0.25) is 0 Å². The van der Waals surface area contributed by atoms with Crippen LogP contribution in [0.1, 0.15) is 89.5 Å². The number of allylic oxidation sites excluding steroid dienone is 2. The molecular weight excluding hydrogens is 478 g/mol. The van der Waals surface area contributed by atoms with Crippen LogP contribution >= 0.6 is 0 Å². The number of halogens is 2. The largest absolute Gasteiger partial charge is 0.491 e. The van der Waals surface area contributed by atoms with Gasteiger partial charge in [-0.05, 0) is 131 Å². The van der Waals surface area contributed by atoms with E-state index >= 15 is 0 Å². The monoisotopic (exact) mass is 522 g/mol. The van der Waals surface area contributed by atoms with Gasteiger partial charge >= 0.3 is 0 Å². The molecule has 1 saturated heterocycles. The lowest BCUT2D eigenvalue weighted by molar-refractivity contribution is -0.0718. The van der Waals surface area contributed by atoms with Gasteiger partial charge in [0, 0.05) is 5.56 Å². The van der Waals surface area contributed by atoms with Gasteiger partial charge in [-0.25, -0.2) is 4.39 Å². The Bertz CT molecular complexity index is 1050. The molecule has 2 unspecified atom stereocenters. The summed E-state index contributed by atoms with van der Waals surface area (Å²) in [5, 5.41) is 0. The Morgan fingerprint density at radius 1 is 0.789 bits per heavy atom. The van der Waals surface area contributed by atoms with Gasteiger partial charge in [0.05, 0.1) is 19.3 Å². The molecule has 2 aromatic carbocycles. The normalized spacial score (nSPS) is 30.4. The molecule has 0 aromatic heterocycles. The molecule has 4 heteroatoms. The van der Waals surface area contributed by atoms with Crippen molar-refractivity contribution in [1.82, 2.24) is 0 Å². The van der Waals surface area contributed by atoms with Crippen LogP contribution in [0.4, 0.5) is 8.78 Å². The maximum atomic E-state index is 14.7. The van der Waals surface area contributed by atoms with Crippen LogP contribution in [0.5, 0.6) is 5.75 Å². The highest BCUT2D eigenvalue weighted by atomic mass is 19.2. The van der Waals surface area contributed by atoms with Crippen molar-refractivity contribution in [3.05, 3.63) is 65.7 Å². The standard InChI is InChI=1S/C34H44F2O2/c1-3-5-23-6-8-26(9-7-23)29-18-20-31(38-22-29)28-16-12-25(13-17-28)24-10-14-27(15-11-24)30-19-21-32(37-4-2)34(36)33(30)35/h3,5,10-11,14-15,19,21,23,25-26,28-29,31H,4,6-9,12-13,16-18,20,22H2,1-2H3/b5-3+. The van der Waals surface area contributed by atoms with Crippen LogP contribution in [-0.2, 0) is 4.74 Å². The van der Waals surface area contributed by atoms with Crippen molar-refractivity contribution in [1.29, 1.82) is 0 Å². The summed E-state index contributed by atoms with van der Waals surface area (Å²) in [6.45, 7) is 5.17. The zero-order valence-corrected chi connectivity index (χ0v) is 23.1. The highest BCUT2D eigenvalue weighted by Crippen LogP contribution is 2.43. The van der Waals surface area contributed by atoms with Crippen molar-refractivity contribution < 1.29 is 18.3 Å². The minimum atomic E-state index is -0.917. The van der Waals surface area contributed by atoms with E-state index in [1.807, 2.05) is 12.1 Å². The summed E-state index contributed by atoms with van der Waals surface area (Å²) >= 11 is 0. The number of hydrogen-bond acceptors (Lipinski definition) is 2.